The van der Waals surface area contributed by atoms with Gasteiger partial charge in [0.05, 0.1) is 32.3 Å². The Morgan fingerprint density at radius 1 is 1.11 bits per heavy atom. The molecule has 0 N–H and O–H groups in total. The van der Waals surface area contributed by atoms with E-state index >= 15 is 0 Å². The summed E-state index contributed by atoms with van der Waals surface area (Å²) in [4.78, 5) is 33.0. The van der Waals surface area contributed by atoms with E-state index in [0.29, 0.717) is 30.2 Å². The molecule has 0 aliphatic carbocycles. The third-order valence-corrected chi connectivity index (χ3v) is 7.83. The predicted molar refractivity (Wildman–Crippen MR) is 143 cm³/mol. The molecule has 3 rings (SSSR count). The molecule has 0 radical (unpaired) electrons. The van der Waals surface area contributed by atoms with Gasteiger partial charge in [0.1, 0.15) is 12.5 Å². The quantitative estimate of drug-likeness (QED) is 0.218. The molecule has 1 amide bonds. The molecule has 2 aromatic carbocycles. The number of hydrogen-bond acceptors (Lipinski definition) is 6. The highest BCUT2D eigenvalue weighted by Gasteiger charge is 2.28. The second-order valence-corrected chi connectivity index (χ2v) is 16.1. The minimum Gasteiger partial charge on any atom is -0.497 e. The molecule has 0 fully saturated rings. The van der Waals surface area contributed by atoms with Crippen molar-refractivity contribution >= 4 is 41.6 Å². The van der Waals surface area contributed by atoms with Crippen molar-refractivity contribution in [2.75, 3.05) is 38.4 Å². The second kappa shape index (κ2) is 12.5. The number of methoxy groups -OCH3 is 1. The van der Waals surface area contributed by atoms with Gasteiger partial charge in [-0.3, -0.25) is 9.69 Å². The van der Waals surface area contributed by atoms with E-state index in [0.717, 1.165) is 16.1 Å². The van der Waals surface area contributed by atoms with Gasteiger partial charge >= 0.3 is 5.97 Å². The lowest BCUT2D eigenvalue weighted by Crippen LogP contribution is -2.37. The van der Waals surface area contributed by atoms with Crippen LogP contribution >= 0.6 is 15.9 Å². The van der Waals surface area contributed by atoms with E-state index in [-0.39, 0.29) is 31.6 Å². The van der Waals surface area contributed by atoms with Gasteiger partial charge in [0.25, 0.3) is 5.91 Å². The van der Waals surface area contributed by atoms with Crippen LogP contribution in [0.1, 0.15) is 5.56 Å². The van der Waals surface area contributed by atoms with Gasteiger partial charge in [-0.25, -0.2) is 4.79 Å². The fourth-order valence-electron chi connectivity index (χ4n) is 3.47. The van der Waals surface area contributed by atoms with Gasteiger partial charge in [0.2, 0.25) is 0 Å². The van der Waals surface area contributed by atoms with Crippen LogP contribution in [-0.2, 0) is 25.6 Å². The number of ether oxygens (including phenoxy) is 2. The smallest absolute Gasteiger partial charge is 0.329 e. The minimum atomic E-state index is -1.26. The topological polar surface area (TPSA) is 68.3 Å². The molecule has 1 aliphatic rings. The van der Waals surface area contributed by atoms with Gasteiger partial charge in [-0.2, -0.15) is 0 Å². The summed E-state index contributed by atoms with van der Waals surface area (Å²) in [6.07, 6.45) is 1.97. The van der Waals surface area contributed by atoms with Gasteiger partial charge < -0.3 is 14.3 Å². The fourth-order valence-corrected chi connectivity index (χ4v) is 4.80. The maximum absolute atomic E-state index is 13.5. The first-order chi connectivity index (χ1) is 16.7. The normalized spacial score (nSPS) is 13.9. The zero-order valence-electron chi connectivity index (χ0n) is 20.8. The zero-order valence-corrected chi connectivity index (χ0v) is 23.3. The number of halogens is 1. The molecule has 9 heteroatoms. The Morgan fingerprint density at radius 2 is 1.86 bits per heavy atom. The Balaban J connectivity index is 1.65. The number of amides is 1. The highest BCUT2D eigenvalue weighted by molar-refractivity contribution is 9.10. The number of anilines is 1. The van der Waals surface area contributed by atoms with Gasteiger partial charge in [-0.05, 0) is 45.7 Å². The van der Waals surface area contributed by atoms with Crippen LogP contribution in [0.5, 0.6) is 5.75 Å². The number of nitrogens with zero attached hydrogens (tertiary/aromatic N) is 2. The van der Waals surface area contributed by atoms with Crippen molar-refractivity contribution in [3.8, 4) is 5.75 Å². The maximum Gasteiger partial charge on any atom is 0.329 e. The van der Waals surface area contributed by atoms with Crippen LogP contribution in [0.4, 0.5) is 5.69 Å². The summed E-state index contributed by atoms with van der Waals surface area (Å²) in [5.74, 6) is 0.137. The lowest BCUT2D eigenvalue weighted by atomic mass is 10.2. The maximum atomic E-state index is 13.5. The van der Waals surface area contributed by atoms with Gasteiger partial charge in [0.15, 0.2) is 0 Å². The van der Waals surface area contributed by atoms with Crippen LogP contribution in [0.15, 0.2) is 64.7 Å². The minimum absolute atomic E-state index is 0.124. The molecule has 0 aromatic heterocycles. The summed E-state index contributed by atoms with van der Waals surface area (Å²) in [6.45, 7) is 8.16. The summed E-state index contributed by atoms with van der Waals surface area (Å²) in [7, 11) is 0.340. The van der Waals surface area contributed by atoms with E-state index in [1.165, 1.54) is 5.06 Å². The highest BCUT2D eigenvalue weighted by Crippen LogP contribution is 2.31. The van der Waals surface area contributed by atoms with Crippen LogP contribution in [0.2, 0.25) is 25.7 Å². The van der Waals surface area contributed by atoms with E-state index in [1.807, 2.05) is 48.5 Å². The van der Waals surface area contributed by atoms with E-state index < -0.39 is 8.07 Å². The molecule has 0 saturated heterocycles. The number of benzene rings is 2. The molecule has 0 spiro atoms. The average molecular weight is 562 g/mol. The molecule has 0 unspecified atom stereocenters. The average Bonchev–Trinajstić information content (AvgIpc) is 3.27. The summed E-state index contributed by atoms with van der Waals surface area (Å²) < 4.78 is 12.0. The summed E-state index contributed by atoms with van der Waals surface area (Å²) >= 11 is 3.56. The number of hydroxylamine groups is 2. The lowest BCUT2D eigenvalue weighted by Gasteiger charge is -2.26. The summed E-state index contributed by atoms with van der Waals surface area (Å²) in [6, 6.07) is 15.9. The van der Waals surface area contributed by atoms with Gasteiger partial charge in [-0.15, -0.1) is 5.06 Å². The largest absolute Gasteiger partial charge is 0.497 e. The highest BCUT2D eigenvalue weighted by atomic mass is 79.9. The van der Waals surface area contributed by atoms with Crippen molar-refractivity contribution in [1.29, 1.82) is 0 Å². The summed E-state index contributed by atoms with van der Waals surface area (Å²) in [5.41, 5.74) is 2.12. The molecule has 35 heavy (non-hydrogen) atoms. The Hall–Kier alpha value is -2.46. The standard InChI is InChI=1S/C26H33BrN2O5Si/c1-32-22-10-11-24(23(27)17-22)29(19-33-14-15-35(2,3)4)26(31)21-12-13-28(18-21)34-25(30)16-20-8-6-5-7-9-20/h5-12,17H,13-16,18-19H2,1-4H3. The molecular weight excluding hydrogens is 528 g/mol. The van der Waals surface area contributed by atoms with Crippen LogP contribution in [0.3, 0.4) is 0 Å². The van der Waals surface area contributed by atoms with Crippen molar-refractivity contribution in [2.45, 2.75) is 32.1 Å². The molecular formula is C26H33BrN2O5Si. The first-order valence-electron chi connectivity index (χ1n) is 11.6. The van der Waals surface area contributed by atoms with E-state index in [4.69, 9.17) is 14.3 Å². The molecule has 2 aromatic rings. The Morgan fingerprint density at radius 3 is 2.51 bits per heavy atom. The Bertz CT molecular complexity index is 1060. The third-order valence-electron chi connectivity index (χ3n) is 5.49. The van der Waals surface area contributed by atoms with E-state index in [1.54, 1.807) is 18.1 Å². The van der Waals surface area contributed by atoms with Crippen molar-refractivity contribution in [1.82, 2.24) is 5.06 Å². The Kier molecular flexibility index (Phi) is 9.68. The third kappa shape index (κ3) is 8.31. The molecule has 7 nitrogen and oxygen atoms in total. The number of hydrogen-bond donors (Lipinski definition) is 0. The first-order valence-corrected chi connectivity index (χ1v) is 16.1. The zero-order chi connectivity index (χ0) is 25.4. The van der Waals surface area contributed by atoms with Crippen LogP contribution in [0, 0.1) is 0 Å². The van der Waals surface area contributed by atoms with Crippen LogP contribution in [-0.4, -0.2) is 58.6 Å². The van der Waals surface area contributed by atoms with E-state index in [9.17, 15) is 9.59 Å². The number of carbonyl (C=O) groups is 2. The molecule has 0 atom stereocenters. The second-order valence-electron chi connectivity index (χ2n) is 9.58. The molecule has 1 heterocycles. The lowest BCUT2D eigenvalue weighted by molar-refractivity contribution is -0.183. The first kappa shape index (κ1) is 27.1. The molecule has 188 valence electrons. The number of carbonyl (C=O) groups excluding carboxylic acids is 2. The molecule has 1 aliphatic heterocycles. The van der Waals surface area contributed by atoms with Crippen LogP contribution in [0.25, 0.3) is 0 Å². The van der Waals surface area contributed by atoms with Crippen molar-refractivity contribution < 1.29 is 23.9 Å². The van der Waals surface area contributed by atoms with Gasteiger partial charge in [0, 0.05) is 24.7 Å². The SMILES string of the molecule is COc1ccc(N(COCC[Si](C)(C)C)C(=O)C2=CCN(OC(=O)Cc3ccccc3)C2)c(Br)c1. The van der Waals surface area contributed by atoms with Crippen molar-refractivity contribution in [3.63, 3.8) is 0 Å². The van der Waals surface area contributed by atoms with Crippen LogP contribution < -0.4 is 9.64 Å². The molecule has 0 bridgehead atoms. The fraction of sp³-hybridized carbons (Fsp3) is 0.385. The molecule has 0 saturated carbocycles. The summed E-state index contributed by atoms with van der Waals surface area (Å²) in [5, 5.41) is 1.51. The van der Waals surface area contributed by atoms with Crippen molar-refractivity contribution in [2.24, 2.45) is 0 Å². The monoisotopic (exact) mass is 560 g/mol. The van der Waals surface area contributed by atoms with E-state index in [2.05, 4.69) is 35.6 Å². The van der Waals surface area contributed by atoms with Crippen molar-refractivity contribution in [3.05, 3.63) is 70.2 Å². The number of rotatable bonds is 11. The Labute approximate surface area is 216 Å². The van der Waals surface area contributed by atoms with Gasteiger partial charge in [-0.1, -0.05) is 56.0 Å². The predicted octanol–water partition coefficient (Wildman–Crippen LogP) is 5.05.